The molecule has 18 heteroatoms. The van der Waals surface area contributed by atoms with E-state index in [0.29, 0.717) is 0 Å². The van der Waals surface area contributed by atoms with Crippen molar-refractivity contribution in [1.29, 1.82) is 0 Å². The molecule has 1 aliphatic rings. The van der Waals surface area contributed by atoms with Gasteiger partial charge in [0.25, 0.3) is 0 Å². The second-order valence-electron chi connectivity index (χ2n) is 5.13. The topological polar surface area (TPSA) is 252 Å². The summed E-state index contributed by atoms with van der Waals surface area (Å²) in [5.74, 6) is -0.0918. The highest BCUT2D eigenvalue weighted by Gasteiger charge is 2.46. The van der Waals surface area contributed by atoms with Crippen LogP contribution in [-0.2, 0) is 22.7 Å². The van der Waals surface area contributed by atoms with Gasteiger partial charge in [0.15, 0.2) is 0 Å². The summed E-state index contributed by atoms with van der Waals surface area (Å²) in [5, 5.41) is 13.5. The van der Waals surface area contributed by atoms with Crippen molar-refractivity contribution in [2.75, 3.05) is 12.3 Å². The van der Waals surface area contributed by atoms with Crippen LogP contribution in [0.5, 0.6) is 0 Å². The third-order valence-corrected chi connectivity index (χ3v) is 5.41. The number of aliphatic hydroxyl groups excluding tert-OH is 1. The normalized spacial score (nSPS) is 27.7. The van der Waals surface area contributed by atoms with Crippen molar-refractivity contribution >= 4 is 21.5 Å². The van der Waals surface area contributed by atoms with Gasteiger partial charge in [-0.2, -0.15) is 9.29 Å². The average molecular weight is 428 g/mol. The van der Waals surface area contributed by atoms with Crippen molar-refractivity contribution in [3.63, 3.8) is 0 Å². The van der Waals surface area contributed by atoms with Crippen molar-refractivity contribution in [2.45, 2.75) is 24.5 Å². The first-order valence-corrected chi connectivity index (χ1v) is 9.93. The lowest BCUT2D eigenvalue weighted by atomic mass is 10.1. The summed E-state index contributed by atoms with van der Waals surface area (Å²) in [4.78, 5) is 44.2. The van der Waals surface area contributed by atoms with E-state index >= 15 is 0 Å². The Kier molecular flexibility index (Phi) is 6.39. The quantitative estimate of drug-likeness (QED) is 0.151. The third kappa shape index (κ3) is 5.57. The predicted octanol–water partition coefficient (Wildman–Crippen LogP) is -1.01. The fourth-order valence-electron chi connectivity index (χ4n) is 2.23. The average Bonchev–Trinajstić information content (AvgIpc) is 2.80. The number of nitrogens with two attached hydrogens (primary N) is 1. The lowest BCUT2D eigenvalue weighted by Gasteiger charge is -2.18. The highest BCUT2D eigenvalue weighted by Crippen LogP contribution is 2.57. The van der Waals surface area contributed by atoms with Gasteiger partial charge in [0.2, 0.25) is 0 Å². The van der Waals surface area contributed by atoms with E-state index in [2.05, 4.69) is 23.8 Å². The van der Waals surface area contributed by atoms with E-state index < -0.39 is 52.4 Å². The van der Waals surface area contributed by atoms with Crippen LogP contribution in [0.15, 0.2) is 22.2 Å². The first kappa shape index (κ1) is 21.5. The summed E-state index contributed by atoms with van der Waals surface area (Å²) in [6.45, 7) is -0.889. The molecule has 1 aromatic heterocycles. The molecule has 1 aliphatic heterocycles. The molecule has 0 aromatic carbocycles. The molecule has 2 rings (SSSR count). The minimum Gasteiger partial charge on any atom is -0.390 e. The van der Waals surface area contributed by atoms with Crippen LogP contribution in [-0.4, -0.2) is 54.2 Å². The van der Waals surface area contributed by atoms with Gasteiger partial charge >= 0.3 is 21.3 Å². The molecule has 27 heavy (non-hydrogen) atoms. The van der Waals surface area contributed by atoms with E-state index in [1.807, 2.05) is 0 Å². The van der Waals surface area contributed by atoms with Crippen LogP contribution < -0.4 is 11.4 Å². The van der Waals surface area contributed by atoms with Gasteiger partial charge in [-0.05, 0) is 11.6 Å². The van der Waals surface area contributed by atoms with Gasteiger partial charge in [-0.25, -0.2) is 13.9 Å². The molecule has 0 radical (unpaired) electrons. The van der Waals surface area contributed by atoms with Crippen LogP contribution in [0.4, 0.5) is 5.82 Å². The van der Waals surface area contributed by atoms with E-state index in [4.69, 9.17) is 25.8 Å². The number of aliphatic hydroxyl groups is 1. The minimum atomic E-state index is -5.33. The number of nitrogens with zero attached hydrogens (tertiary/aromatic N) is 5. The Morgan fingerprint density at radius 3 is 2.67 bits per heavy atom. The molecule has 2 heterocycles. The van der Waals surface area contributed by atoms with E-state index in [0.717, 1.165) is 4.57 Å². The monoisotopic (exact) mass is 428 g/mol. The van der Waals surface area contributed by atoms with Gasteiger partial charge in [0.05, 0.1) is 12.7 Å². The van der Waals surface area contributed by atoms with E-state index in [1.165, 1.54) is 12.3 Å². The number of aromatic nitrogens is 2. The molecule has 0 spiro atoms. The zero-order valence-corrected chi connectivity index (χ0v) is 14.9. The lowest BCUT2D eigenvalue weighted by molar-refractivity contribution is -0.0455. The summed E-state index contributed by atoms with van der Waals surface area (Å²) in [7, 11) is -10.5. The van der Waals surface area contributed by atoms with Gasteiger partial charge in [-0.15, -0.1) is 0 Å². The number of hydrogen-bond acceptors (Lipinski definition) is 10. The summed E-state index contributed by atoms with van der Waals surface area (Å²) in [6.07, 6.45) is -3.22. The number of phosphoric ester groups is 1. The number of anilines is 1. The van der Waals surface area contributed by atoms with Gasteiger partial charge < -0.3 is 30.3 Å². The van der Waals surface area contributed by atoms with Crippen LogP contribution >= 0.6 is 15.6 Å². The Hall–Kier alpha value is -1.83. The first-order valence-electron chi connectivity index (χ1n) is 6.90. The fraction of sp³-hybridized carbons (Fsp3) is 0.556. The first-order chi connectivity index (χ1) is 12.4. The zero-order chi connectivity index (χ0) is 20.4. The van der Waals surface area contributed by atoms with E-state index in [-0.39, 0.29) is 5.82 Å². The number of azide groups is 1. The van der Waals surface area contributed by atoms with Gasteiger partial charge in [0.1, 0.15) is 24.2 Å². The zero-order valence-electron chi connectivity index (χ0n) is 13.1. The molecule has 0 saturated carbocycles. The number of ether oxygens (including phenoxy) is 1. The highest BCUT2D eigenvalue weighted by molar-refractivity contribution is 7.60. The molecule has 0 bridgehead atoms. The number of phosphoric acid groups is 2. The maximum atomic E-state index is 11.9. The Morgan fingerprint density at radius 2 is 2.11 bits per heavy atom. The van der Waals surface area contributed by atoms with Crippen molar-refractivity contribution in [3.8, 4) is 0 Å². The summed E-state index contributed by atoms with van der Waals surface area (Å²) in [6, 6.07) is -0.114. The maximum absolute atomic E-state index is 11.9. The van der Waals surface area contributed by atoms with Crippen LogP contribution in [0.1, 0.15) is 6.23 Å². The summed E-state index contributed by atoms with van der Waals surface area (Å²) in [5.41, 5.74) is 13.1. The largest absolute Gasteiger partial charge is 0.481 e. The number of hydrogen-bond donors (Lipinski definition) is 5. The third-order valence-electron chi connectivity index (χ3n) is 3.26. The van der Waals surface area contributed by atoms with Gasteiger partial charge in [0, 0.05) is 11.1 Å². The molecule has 1 saturated heterocycles. The molecular formula is C9H14N6O10P2. The standard InChI is InChI=1S/C9H14N6O10P2/c10-5-1-2-15(9(17)12-5)8-6(13-14-11)7(16)4(24-8)3-23-27(21,22)25-26(18,19)20/h1-2,4,6-8,16H,3H2,(H,21,22)(H2,10,12,17)(H2,18,19,20)/t4-,6-,7-,8-/m1/s1. The Labute approximate surface area is 149 Å². The second-order valence-corrected chi connectivity index (χ2v) is 7.96. The second kappa shape index (κ2) is 8.04. The lowest BCUT2D eigenvalue weighted by Crippen LogP contribution is -2.35. The highest BCUT2D eigenvalue weighted by atomic mass is 31.3. The van der Waals surface area contributed by atoms with Crippen molar-refractivity contribution in [1.82, 2.24) is 9.55 Å². The molecule has 1 unspecified atom stereocenters. The fourth-order valence-corrected chi connectivity index (χ4v) is 3.83. The summed E-state index contributed by atoms with van der Waals surface area (Å²) >= 11 is 0. The molecule has 5 atom stereocenters. The molecule has 0 amide bonds. The van der Waals surface area contributed by atoms with E-state index in [9.17, 15) is 23.9 Å². The Bertz CT molecular complexity index is 895. The van der Waals surface area contributed by atoms with Crippen molar-refractivity contribution in [2.24, 2.45) is 5.11 Å². The smallest absolute Gasteiger partial charge is 0.390 e. The Balaban J connectivity index is 2.20. The summed E-state index contributed by atoms with van der Waals surface area (Å²) < 4.78 is 36.2. The van der Waals surface area contributed by atoms with Crippen molar-refractivity contribution < 1.29 is 42.5 Å². The van der Waals surface area contributed by atoms with Gasteiger partial charge in [-0.1, -0.05) is 5.11 Å². The predicted molar refractivity (Wildman–Crippen MR) is 84.7 cm³/mol. The van der Waals surface area contributed by atoms with E-state index in [1.54, 1.807) is 0 Å². The molecule has 16 nitrogen and oxygen atoms in total. The maximum Gasteiger partial charge on any atom is 0.481 e. The molecule has 1 aromatic rings. The molecule has 1 fully saturated rings. The van der Waals surface area contributed by atoms with Crippen LogP contribution in [0.3, 0.4) is 0 Å². The molecule has 0 aliphatic carbocycles. The SMILES string of the molecule is [N-]=[N+]=N[C@@H]1[C@H](O)[C@@H](COP(=O)(O)OP(=O)(O)O)O[C@H]1n1ccc(N)nc1=O. The molecule has 6 N–H and O–H groups in total. The number of rotatable bonds is 7. The van der Waals surface area contributed by atoms with Crippen LogP contribution in [0, 0.1) is 0 Å². The number of nitrogen functional groups attached to an aromatic ring is 1. The minimum absolute atomic E-state index is 0.0918. The van der Waals surface area contributed by atoms with Gasteiger partial charge in [-0.3, -0.25) is 9.09 Å². The van der Waals surface area contributed by atoms with Crippen LogP contribution in [0.25, 0.3) is 10.4 Å². The van der Waals surface area contributed by atoms with Crippen LogP contribution in [0.2, 0.25) is 0 Å². The molecular weight excluding hydrogens is 414 g/mol. The Morgan fingerprint density at radius 1 is 1.44 bits per heavy atom. The van der Waals surface area contributed by atoms with Crippen molar-refractivity contribution in [3.05, 3.63) is 33.2 Å². The molecule has 150 valence electrons.